The molecule has 176 valence electrons. The minimum Gasteiger partial charge on any atom is -0.292 e. The second kappa shape index (κ2) is 9.52. The number of nitrogens with zero attached hydrogens (tertiary/aromatic N) is 3. The van der Waals surface area contributed by atoms with E-state index in [9.17, 15) is 29.3 Å². The van der Waals surface area contributed by atoms with Gasteiger partial charge in [-0.2, -0.15) is 5.01 Å². The van der Waals surface area contributed by atoms with Crippen molar-refractivity contribution < 1.29 is 24.1 Å². The maximum Gasteiger partial charge on any atom is 0.273 e. The van der Waals surface area contributed by atoms with Gasteiger partial charge >= 0.3 is 0 Å². The Morgan fingerprint density at radius 1 is 0.971 bits per heavy atom. The lowest BCUT2D eigenvalue weighted by Crippen LogP contribution is -2.52. The third-order valence-electron chi connectivity index (χ3n) is 6.13. The molecule has 1 aliphatic heterocycles. The molecule has 0 N–H and O–H groups in total. The molecule has 9 nitrogen and oxygen atoms in total. The number of carbonyl (C=O) groups is 4. The first-order valence-electron chi connectivity index (χ1n) is 10.6. The van der Waals surface area contributed by atoms with E-state index in [4.69, 9.17) is 23.2 Å². The highest BCUT2D eigenvalue weighted by Gasteiger charge is 2.51. The van der Waals surface area contributed by atoms with Crippen molar-refractivity contribution in [2.45, 2.75) is 25.7 Å². The largest absolute Gasteiger partial charge is 0.292 e. The van der Waals surface area contributed by atoms with Crippen molar-refractivity contribution in [1.82, 2.24) is 10.0 Å². The van der Waals surface area contributed by atoms with Crippen LogP contribution in [-0.4, -0.2) is 45.0 Å². The lowest BCUT2D eigenvalue weighted by atomic mass is 9.81. The Balaban J connectivity index is 1.71. The average molecular weight is 504 g/mol. The van der Waals surface area contributed by atoms with E-state index in [1.165, 1.54) is 36.4 Å². The molecule has 0 unspecified atom stereocenters. The van der Waals surface area contributed by atoms with Gasteiger partial charge in [-0.3, -0.25) is 29.3 Å². The summed E-state index contributed by atoms with van der Waals surface area (Å²) in [5, 5.41) is 13.0. The van der Waals surface area contributed by atoms with Crippen LogP contribution in [0.5, 0.6) is 0 Å². The van der Waals surface area contributed by atoms with E-state index < -0.39 is 46.8 Å². The summed E-state index contributed by atoms with van der Waals surface area (Å²) in [6.07, 6.45) is 2.64. The number of halogens is 2. The summed E-state index contributed by atoms with van der Waals surface area (Å²) in [6.45, 7) is -0.669. The first-order chi connectivity index (χ1) is 16.2. The molecule has 34 heavy (non-hydrogen) atoms. The molecule has 1 saturated heterocycles. The summed E-state index contributed by atoms with van der Waals surface area (Å²) in [5.74, 6) is -3.62. The van der Waals surface area contributed by atoms with Gasteiger partial charge in [-0.25, -0.2) is 5.01 Å². The van der Waals surface area contributed by atoms with Gasteiger partial charge in [0.25, 0.3) is 23.4 Å². The van der Waals surface area contributed by atoms with Gasteiger partial charge in [0.15, 0.2) is 5.78 Å². The van der Waals surface area contributed by atoms with Gasteiger partial charge in [-0.05, 0) is 31.0 Å². The smallest absolute Gasteiger partial charge is 0.273 e. The van der Waals surface area contributed by atoms with Crippen molar-refractivity contribution in [2.24, 2.45) is 11.8 Å². The number of amides is 3. The predicted molar refractivity (Wildman–Crippen MR) is 122 cm³/mol. The van der Waals surface area contributed by atoms with Gasteiger partial charge in [0.05, 0.1) is 26.8 Å². The highest BCUT2D eigenvalue weighted by Crippen LogP contribution is 2.39. The topological polar surface area (TPSA) is 118 Å². The summed E-state index contributed by atoms with van der Waals surface area (Å²) in [6, 6.07) is 9.08. The zero-order chi connectivity index (χ0) is 24.6. The van der Waals surface area contributed by atoms with Crippen LogP contribution in [0.1, 0.15) is 46.4 Å². The molecule has 2 fully saturated rings. The molecule has 0 bridgehead atoms. The zero-order valence-electron chi connectivity index (χ0n) is 17.8. The van der Waals surface area contributed by atoms with Crippen LogP contribution in [0.4, 0.5) is 5.69 Å². The number of ketones is 1. The SMILES string of the molecule is O=C(CN(C(=O)c1ccc(Cl)c(Cl)c1)N1C(=O)[C@H]2CCCC[C@@H]2C1=O)c1cccc([N+](=O)[O-])c1. The van der Waals surface area contributed by atoms with Crippen LogP contribution in [-0.2, 0) is 9.59 Å². The van der Waals surface area contributed by atoms with Gasteiger partial charge in [0.1, 0.15) is 6.54 Å². The van der Waals surface area contributed by atoms with Crippen LogP contribution >= 0.6 is 23.2 Å². The van der Waals surface area contributed by atoms with Crippen molar-refractivity contribution in [3.63, 3.8) is 0 Å². The fourth-order valence-electron chi connectivity index (χ4n) is 4.41. The van der Waals surface area contributed by atoms with Crippen molar-refractivity contribution in [2.75, 3.05) is 6.54 Å². The third kappa shape index (κ3) is 4.41. The zero-order valence-corrected chi connectivity index (χ0v) is 19.3. The number of fused-ring (bicyclic) bond motifs is 1. The first-order valence-corrected chi connectivity index (χ1v) is 11.4. The van der Waals surface area contributed by atoms with Gasteiger partial charge in [-0.15, -0.1) is 0 Å². The number of rotatable bonds is 6. The van der Waals surface area contributed by atoms with Crippen molar-refractivity contribution in [3.05, 3.63) is 73.8 Å². The number of Topliss-reactive ketones (excluding diaryl/α,β-unsaturated/α-hetero) is 1. The Kier molecular flexibility index (Phi) is 6.67. The number of benzene rings is 2. The lowest BCUT2D eigenvalue weighted by molar-refractivity contribution is -0.384. The van der Waals surface area contributed by atoms with Crippen LogP contribution in [0.3, 0.4) is 0 Å². The Bertz CT molecular complexity index is 1190. The number of carbonyl (C=O) groups excluding carboxylic acids is 4. The van der Waals surface area contributed by atoms with Crippen molar-refractivity contribution in [1.29, 1.82) is 0 Å². The van der Waals surface area contributed by atoms with E-state index >= 15 is 0 Å². The Labute approximate surface area is 204 Å². The summed E-state index contributed by atoms with van der Waals surface area (Å²) < 4.78 is 0. The van der Waals surface area contributed by atoms with Crippen LogP contribution in [0.15, 0.2) is 42.5 Å². The minimum absolute atomic E-state index is 0.0247. The monoisotopic (exact) mass is 503 g/mol. The van der Waals surface area contributed by atoms with Crippen molar-refractivity contribution >= 4 is 52.4 Å². The molecule has 1 aliphatic carbocycles. The van der Waals surface area contributed by atoms with Gasteiger partial charge in [0, 0.05) is 23.3 Å². The average Bonchev–Trinajstić information content (AvgIpc) is 3.09. The number of non-ortho nitro benzene ring substituents is 1. The summed E-state index contributed by atoms with van der Waals surface area (Å²) in [4.78, 5) is 63.3. The number of hydrogen-bond donors (Lipinski definition) is 0. The second-order valence-electron chi connectivity index (χ2n) is 8.21. The minimum atomic E-state index is -0.794. The van der Waals surface area contributed by atoms with Gasteiger partial charge in [-0.1, -0.05) is 48.2 Å². The Morgan fingerprint density at radius 3 is 2.21 bits per heavy atom. The van der Waals surface area contributed by atoms with Crippen LogP contribution in [0, 0.1) is 22.0 Å². The van der Waals surface area contributed by atoms with E-state index in [0.29, 0.717) is 12.8 Å². The number of hydrazine groups is 1. The lowest BCUT2D eigenvalue weighted by Gasteiger charge is -2.30. The molecule has 2 atom stereocenters. The fourth-order valence-corrected chi connectivity index (χ4v) is 4.71. The van der Waals surface area contributed by atoms with E-state index in [2.05, 4.69) is 0 Å². The maximum absolute atomic E-state index is 13.5. The van der Waals surface area contributed by atoms with Crippen molar-refractivity contribution in [3.8, 4) is 0 Å². The molecule has 2 aromatic carbocycles. The maximum atomic E-state index is 13.5. The third-order valence-corrected chi connectivity index (χ3v) is 6.87. The van der Waals surface area contributed by atoms with E-state index in [1.54, 1.807) is 0 Å². The molecule has 11 heteroatoms. The quantitative estimate of drug-likeness (QED) is 0.250. The number of nitro groups is 1. The highest BCUT2D eigenvalue weighted by atomic mass is 35.5. The number of imide groups is 1. The van der Waals surface area contributed by atoms with Gasteiger partial charge < -0.3 is 0 Å². The normalized spacial score (nSPS) is 19.6. The molecule has 0 radical (unpaired) electrons. The molecule has 3 amide bonds. The molecule has 1 saturated carbocycles. The standard InChI is InChI=1S/C23H19Cl2N3O6/c24-18-9-8-14(11-19(18)25)21(30)26(12-20(29)13-4-3-5-15(10-13)28(33)34)27-22(31)16-6-1-2-7-17(16)23(27)32/h3-5,8-11,16-17H,1-2,6-7,12H2/t16-,17-/m0/s1. The van der Waals surface area contributed by atoms with E-state index in [0.717, 1.165) is 28.9 Å². The van der Waals surface area contributed by atoms with Gasteiger partial charge in [0.2, 0.25) is 0 Å². The molecule has 2 aliphatic rings. The summed E-state index contributed by atoms with van der Waals surface area (Å²) >= 11 is 12.0. The molecular formula is C23H19Cl2N3O6. The highest BCUT2D eigenvalue weighted by molar-refractivity contribution is 6.42. The molecule has 1 heterocycles. The second-order valence-corrected chi connectivity index (χ2v) is 9.02. The van der Waals surface area contributed by atoms with Crippen LogP contribution < -0.4 is 0 Å². The Morgan fingerprint density at radius 2 is 1.62 bits per heavy atom. The molecule has 4 rings (SSSR count). The summed E-state index contributed by atoms with van der Waals surface area (Å²) in [5.41, 5.74) is -0.304. The van der Waals surface area contributed by atoms with Crippen LogP contribution in [0.25, 0.3) is 0 Å². The molecule has 2 aromatic rings. The predicted octanol–water partition coefficient (Wildman–Crippen LogP) is 4.32. The fraction of sp³-hybridized carbons (Fsp3) is 0.304. The molecule has 0 spiro atoms. The van der Waals surface area contributed by atoms with E-state index in [1.807, 2.05) is 0 Å². The molecular weight excluding hydrogens is 485 g/mol. The van der Waals surface area contributed by atoms with Crippen LogP contribution in [0.2, 0.25) is 10.0 Å². The first kappa shape index (κ1) is 23.8. The summed E-state index contributed by atoms with van der Waals surface area (Å²) in [7, 11) is 0. The number of nitro benzene ring substituents is 1. The Hall–Kier alpha value is -3.30. The number of hydrogen-bond acceptors (Lipinski definition) is 6. The van der Waals surface area contributed by atoms with E-state index in [-0.39, 0.29) is 26.9 Å². The molecule has 0 aromatic heterocycles.